The molecule has 2 aromatic rings. The molecule has 0 saturated carbocycles. The van der Waals surface area contributed by atoms with Crippen LogP contribution in [0.25, 0.3) is 11.4 Å². The molecule has 2 heterocycles. The van der Waals surface area contributed by atoms with Crippen molar-refractivity contribution in [1.82, 2.24) is 15.3 Å². The van der Waals surface area contributed by atoms with E-state index in [2.05, 4.69) is 55.7 Å². The second-order valence-corrected chi connectivity index (χ2v) is 6.75. The number of hydrogen-bond acceptors (Lipinski definition) is 4. The Balaban J connectivity index is 1.84. The van der Waals surface area contributed by atoms with E-state index < -0.39 is 0 Å². The normalized spacial score (nSPS) is 15.5. The van der Waals surface area contributed by atoms with Crippen molar-refractivity contribution in [3.63, 3.8) is 0 Å². The van der Waals surface area contributed by atoms with Crippen LogP contribution in [0.4, 0.5) is 5.82 Å². The quantitative estimate of drug-likeness (QED) is 0.880. The fraction of sp³-hybridized carbons (Fsp3) is 0.500. The molecule has 0 unspecified atom stereocenters. The van der Waals surface area contributed by atoms with Crippen LogP contribution < -0.4 is 10.6 Å². The van der Waals surface area contributed by atoms with Crippen LogP contribution in [0.3, 0.4) is 0 Å². The van der Waals surface area contributed by atoms with Crippen molar-refractivity contribution in [3.05, 3.63) is 41.1 Å². The highest BCUT2D eigenvalue weighted by Gasteiger charge is 2.16. The Morgan fingerprint density at radius 1 is 1.08 bits per heavy atom. The minimum Gasteiger partial charge on any atom is -0.369 e. The number of aryl methyl sites for hydroxylation is 2. The summed E-state index contributed by atoms with van der Waals surface area (Å²) in [6.45, 7) is 9.62. The van der Waals surface area contributed by atoms with Gasteiger partial charge < -0.3 is 10.6 Å². The van der Waals surface area contributed by atoms with Crippen molar-refractivity contribution in [2.24, 2.45) is 5.92 Å². The lowest BCUT2D eigenvalue weighted by atomic mass is 9.98. The highest BCUT2D eigenvalue weighted by molar-refractivity contribution is 5.60. The first-order valence-electron chi connectivity index (χ1n) is 9.06. The lowest BCUT2D eigenvalue weighted by Crippen LogP contribution is -2.31. The summed E-state index contributed by atoms with van der Waals surface area (Å²) in [5.74, 6) is 2.56. The van der Waals surface area contributed by atoms with Crippen LogP contribution in [0.1, 0.15) is 36.6 Å². The van der Waals surface area contributed by atoms with E-state index in [1.807, 2.05) is 0 Å². The first-order chi connectivity index (χ1) is 11.7. The van der Waals surface area contributed by atoms with Gasteiger partial charge in [0.25, 0.3) is 0 Å². The summed E-state index contributed by atoms with van der Waals surface area (Å²) in [6, 6.07) is 8.44. The average molecular weight is 324 g/mol. The van der Waals surface area contributed by atoms with Gasteiger partial charge in [-0.2, -0.15) is 0 Å². The molecule has 1 fully saturated rings. The molecule has 4 heteroatoms. The number of rotatable bonds is 5. The molecule has 0 bridgehead atoms. The van der Waals surface area contributed by atoms with Crippen molar-refractivity contribution in [2.75, 3.05) is 25.0 Å². The van der Waals surface area contributed by atoms with Crippen molar-refractivity contribution < 1.29 is 0 Å². The van der Waals surface area contributed by atoms with Gasteiger partial charge in [0.2, 0.25) is 0 Å². The van der Waals surface area contributed by atoms with Gasteiger partial charge in [0.05, 0.1) is 0 Å². The molecule has 24 heavy (non-hydrogen) atoms. The molecule has 0 radical (unpaired) electrons. The summed E-state index contributed by atoms with van der Waals surface area (Å²) in [6.07, 6.45) is 3.43. The second kappa shape index (κ2) is 7.75. The molecule has 1 aromatic heterocycles. The van der Waals surface area contributed by atoms with Crippen LogP contribution in [0.15, 0.2) is 24.3 Å². The maximum atomic E-state index is 4.85. The zero-order chi connectivity index (χ0) is 16.9. The van der Waals surface area contributed by atoms with Gasteiger partial charge in [-0.15, -0.1) is 0 Å². The topological polar surface area (TPSA) is 49.8 Å². The maximum Gasteiger partial charge on any atom is 0.161 e. The van der Waals surface area contributed by atoms with Crippen LogP contribution in [0, 0.1) is 19.8 Å². The predicted octanol–water partition coefficient (Wildman–Crippen LogP) is 3.73. The summed E-state index contributed by atoms with van der Waals surface area (Å²) in [5.41, 5.74) is 4.65. The number of aromatic nitrogens is 2. The Labute approximate surface area is 145 Å². The van der Waals surface area contributed by atoms with Gasteiger partial charge in [-0.25, -0.2) is 9.97 Å². The van der Waals surface area contributed by atoms with E-state index in [1.165, 1.54) is 24.0 Å². The van der Waals surface area contributed by atoms with Crippen LogP contribution in [0.2, 0.25) is 0 Å². The maximum absolute atomic E-state index is 4.85. The highest BCUT2D eigenvalue weighted by Crippen LogP contribution is 2.24. The van der Waals surface area contributed by atoms with Gasteiger partial charge >= 0.3 is 0 Å². The molecule has 4 nitrogen and oxygen atoms in total. The van der Waals surface area contributed by atoms with Crippen LogP contribution >= 0.6 is 0 Å². The molecule has 3 rings (SSSR count). The Bertz CT molecular complexity index is 673. The van der Waals surface area contributed by atoms with Gasteiger partial charge in [0.15, 0.2) is 5.82 Å². The molecule has 1 aromatic carbocycles. The first kappa shape index (κ1) is 16.9. The minimum absolute atomic E-state index is 0.731. The van der Waals surface area contributed by atoms with Gasteiger partial charge in [0, 0.05) is 23.4 Å². The first-order valence-corrected chi connectivity index (χ1v) is 9.06. The van der Waals surface area contributed by atoms with E-state index in [0.29, 0.717) is 0 Å². The zero-order valence-electron chi connectivity index (χ0n) is 15.0. The molecule has 128 valence electrons. The van der Waals surface area contributed by atoms with Crippen molar-refractivity contribution in [3.8, 4) is 11.4 Å². The minimum atomic E-state index is 0.731. The van der Waals surface area contributed by atoms with Gasteiger partial charge in [-0.3, -0.25) is 0 Å². The molecule has 0 aliphatic carbocycles. The standard InChI is InChI=1S/C20H28N4/c1-4-18-15(3)23-19(17-7-5-14(2)6-8-17)24-20(18)22-13-16-9-11-21-12-10-16/h5-8,16,21H,4,9-13H2,1-3H3,(H,22,23,24). The third kappa shape index (κ3) is 3.93. The molecule has 1 aliphatic rings. The van der Waals surface area contributed by atoms with E-state index in [9.17, 15) is 0 Å². The van der Waals surface area contributed by atoms with Gasteiger partial charge in [-0.05, 0) is 52.1 Å². The van der Waals surface area contributed by atoms with Crippen molar-refractivity contribution in [2.45, 2.75) is 40.0 Å². The third-order valence-electron chi connectivity index (χ3n) is 4.89. The molecule has 0 amide bonds. The molecule has 2 N–H and O–H groups in total. The Kier molecular flexibility index (Phi) is 5.46. The third-order valence-corrected chi connectivity index (χ3v) is 4.89. The van der Waals surface area contributed by atoms with Crippen LogP contribution in [0.5, 0.6) is 0 Å². The predicted molar refractivity (Wildman–Crippen MR) is 100 cm³/mol. The van der Waals surface area contributed by atoms with E-state index in [0.717, 1.165) is 54.9 Å². The molecular weight excluding hydrogens is 296 g/mol. The Morgan fingerprint density at radius 2 is 1.79 bits per heavy atom. The van der Waals surface area contributed by atoms with E-state index in [4.69, 9.17) is 9.97 Å². The largest absolute Gasteiger partial charge is 0.369 e. The monoisotopic (exact) mass is 324 g/mol. The SMILES string of the molecule is CCc1c(C)nc(-c2ccc(C)cc2)nc1NCC1CCNCC1. The molecule has 1 aliphatic heterocycles. The number of hydrogen-bond donors (Lipinski definition) is 2. The molecule has 1 saturated heterocycles. The second-order valence-electron chi connectivity index (χ2n) is 6.75. The Morgan fingerprint density at radius 3 is 2.46 bits per heavy atom. The Hall–Kier alpha value is -1.94. The number of nitrogens with zero attached hydrogens (tertiary/aromatic N) is 2. The van der Waals surface area contributed by atoms with E-state index >= 15 is 0 Å². The lowest BCUT2D eigenvalue weighted by molar-refractivity contribution is 0.389. The summed E-state index contributed by atoms with van der Waals surface area (Å²) in [7, 11) is 0. The summed E-state index contributed by atoms with van der Waals surface area (Å²) >= 11 is 0. The summed E-state index contributed by atoms with van der Waals surface area (Å²) < 4.78 is 0. The van der Waals surface area contributed by atoms with E-state index in [-0.39, 0.29) is 0 Å². The summed E-state index contributed by atoms with van der Waals surface area (Å²) in [5, 5.41) is 7.04. The van der Waals surface area contributed by atoms with Crippen molar-refractivity contribution >= 4 is 5.82 Å². The average Bonchev–Trinajstić information content (AvgIpc) is 2.61. The fourth-order valence-electron chi connectivity index (χ4n) is 3.32. The van der Waals surface area contributed by atoms with Crippen LogP contribution in [-0.4, -0.2) is 29.6 Å². The number of piperidine rings is 1. The van der Waals surface area contributed by atoms with E-state index in [1.54, 1.807) is 0 Å². The number of benzene rings is 1. The smallest absolute Gasteiger partial charge is 0.161 e. The van der Waals surface area contributed by atoms with Crippen molar-refractivity contribution in [1.29, 1.82) is 0 Å². The molecule has 0 atom stereocenters. The fourth-order valence-corrected chi connectivity index (χ4v) is 3.32. The van der Waals surface area contributed by atoms with Gasteiger partial charge in [-0.1, -0.05) is 36.8 Å². The lowest BCUT2D eigenvalue weighted by Gasteiger charge is -2.24. The van der Waals surface area contributed by atoms with Gasteiger partial charge in [0.1, 0.15) is 5.82 Å². The van der Waals surface area contributed by atoms with Crippen LogP contribution in [-0.2, 0) is 6.42 Å². The molecule has 0 spiro atoms. The number of nitrogens with one attached hydrogen (secondary N) is 2. The molecular formula is C20H28N4. The summed E-state index contributed by atoms with van der Waals surface area (Å²) in [4.78, 5) is 9.59. The highest BCUT2D eigenvalue weighted by atomic mass is 15.0. The zero-order valence-corrected chi connectivity index (χ0v) is 15.0. The number of anilines is 1.